The van der Waals surface area contributed by atoms with Crippen LogP contribution in [0.25, 0.3) is 0 Å². The van der Waals surface area contributed by atoms with Gasteiger partial charge in [-0.05, 0) is 72.8 Å². The quantitative estimate of drug-likeness (QED) is 0.196. The molecule has 37 heavy (non-hydrogen) atoms. The third-order valence-electron chi connectivity index (χ3n) is 3.66. The van der Waals surface area contributed by atoms with Crippen molar-refractivity contribution in [2.45, 2.75) is 9.79 Å². The maximum atomic E-state index is 10.9. The Bertz CT molecular complexity index is 1210. The van der Waals surface area contributed by atoms with E-state index in [1.807, 2.05) is 0 Å². The van der Waals surface area contributed by atoms with Gasteiger partial charge in [0.25, 0.3) is 0 Å². The zero-order valence-corrected chi connectivity index (χ0v) is 22.5. The van der Waals surface area contributed by atoms with Crippen LogP contribution in [-0.2, 0) is 20.2 Å². The van der Waals surface area contributed by atoms with Crippen molar-refractivity contribution in [1.29, 1.82) is 0 Å². The molecule has 3 aromatic rings. The topological polar surface area (TPSA) is 353 Å². The van der Waals surface area contributed by atoms with Gasteiger partial charge >= 0.3 is 37.7 Å². The van der Waals surface area contributed by atoms with Crippen molar-refractivity contribution >= 4 is 80.7 Å². The van der Waals surface area contributed by atoms with Gasteiger partial charge in [0.1, 0.15) is 20.2 Å². The summed E-state index contributed by atoms with van der Waals surface area (Å²) < 4.78 is 65.3. The van der Waals surface area contributed by atoms with Crippen molar-refractivity contribution in [3.05, 3.63) is 72.8 Å². The number of benzene rings is 3. The summed E-state index contributed by atoms with van der Waals surface area (Å²) >= 11 is 0. The van der Waals surface area contributed by atoms with Crippen LogP contribution in [0.1, 0.15) is 0 Å². The smallest absolute Gasteiger partial charge is 0.744 e. The van der Waals surface area contributed by atoms with E-state index < -0.39 is 20.2 Å². The Morgan fingerprint density at radius 2 is 0.568 bits per heavy atom. The second-order valence-corrected chi connectivity index (χ2v) is 8.57. The molecular weight excluding hydrogens is 568 g/mol. The van der Waals surface area contributed by atoms with Crippen molar-refractivity contribution in [1.82, 2.24) is 0 Å². The maximum absolute atomic E-state index is 10.9. The molecule has 19 heteroatoms. The van der Waals surface area contributed by atoms with Gasteiger partial charge in [-0.2, -0.15) is 20.5 Å². The first-order valence-corrected chi connectivity index (χ1v) is 11.0. The first-order valence-electron chi connectivity index (χ1n) is 8.17. The largest absolute Gasteiger partial charge is 2.00 e. The van der Waals surface area contributed by atoms with Gasteiger partial charge in [0.15, 0.2) is 0 Å². The summed E-state index contributed by atoms with van der Waals surface area (Å²) in [6.07, 6.45) is 0. The van der Waals surface area contributed by atoms with Gasteiger partial charge in [0, 0.05) is 0 Å². The second kappa shape index (κ2) is 18.9. The summed E-state index contributed by atoms with van der Waals surface area (Å²) in [5, 5.41) is 15.9. The molecule has 3 rings (SSSR count). The molecule has 0 saturated carbocycles. The van der Waals surface area contributed by atoms with E-state index in [9.17, 15) is 25.9 Å². The van der Waals surface area contributed by atoms with E-state index in [-0.39, 0.29) is 80.4 Å². The summed E-state index contributed by atoms with van der Waals surface area (Å²) in [6, 6.07) is 16.6. The van der Waals surface area contributed by atoms with Crippen molar-refractivity contribution in [2.24, 2.45) is 20.5 Å². The van der Waals surface area contributed by atoms with E-state index in [1.165, 1.54) is 24.3 Å². The molecule has 12 N–H and O–H groups in total. The number of nitrogens with zero attached hydrogens (tertiary/aromatic N) is 4. The van der Waals surface area contributed by atoms with Crippen LogP contribution >= 0.6 is 0 Å². The first kappa shape index (κ1) is 44.7. The van der Waals surface area contributed by atoms with E-state index in [1.54, 1.807) is 24.3 Å². The van der Waals surface area contributed by atoms with Gasteiger partial charge < -0.3 is 42.0 Å². The summed E-state index contributed by atoms with van der Waals surface area (Å²) in [6.45, 7) is 0. The average molecular weight is 593 g/mol. The molecule has 0 saturated heterocycles. The van der Waals surface area contributed by atoms with E-state index in [2.05, 4.69) is 20.5 Å². The Balaban J connectivity index is -0.000000488. The molecule has 0 heterocycles. The minimum atomic E-state index is -4.51. The van der Waals surface area contributed by atoms with Crippen molar-refractivity contribution in [2.75, 3.05) is 0 Å². The van der Waals surface area contributed by atoms with E-state index in [0.29, 0.717) is 22.7 Å². The number of azo groups is 2. The first-order chi connectivity index (χ1) is 14.1. The van der Waals surface area contributed by atoms with E-state index in [4.69, 9.17) is 0 Å². The zero-order valence-electron chi connectivity index (χ0n) is 18.7. The van der Waals surface area contributed by atoms with Crippen LogP contribution in [0.5, 0.6) is 0 Å². The van der Waals surface area contributed by atoms with Gasteiger partial charge in [-0.15, -0.1) is 0 Å². The SMILES string of the molecule is O.O.O.O.O.O.O=S(=O)([O-])c1ccc(N=Nc2ccc(N=Nc3ccc(S(=O)(=O)[O-])cc3)cc2)cc1.[Ca+2]. The Labute approximate surface area is 241 Å². The fourth-order valence-electron chi connectivity index (χ4n) is 2.18. The van der Waals surface area contributed by atoms with Gasteiger partial charge in [-0.1, -0.05) is 0 Å². The maximum Gasteiger partial charge on any atom is 2.00 e. The molecule has 0 radical (unpaired) electrons. The van der Waals surface area contributed by atoms with Crippen LogP contribution in [0.3, 0.4) is 0 Å². The molecule has 0 aliphatic rings. The van der Waals surface area contributed by atoms with Crippen molar-refractivity contribution in [3.8, 4) is 0 Å². The molecule has 0 aromatic heterocycles. The Kier molecular flexibility index (Phi) is 22.8. The van der Waals surface area contributed by atoms with Crippen LogP contribution in [0.4, 0.5) is 22.7 Å². The minimum Gasteiger partial charge on any atom is -0.744 e. The van der Waals surface area contributed by atoms with Crippen LogP contribution in [0.2, 0.25) is 0 Å². The molecule has 0 bridgehead atoms. The van der Waals surface area contributed by atoms with E-state index in [0.717, 1.165) is 24.3 Å². The Hall–Kier alpha value is -2.30. The van der Waals surface area contributed by atoms with Crippen molar-refractivity contribution in [3.63, 3.8) is 0 Å². The van der Waals surface area contributed by atoms with Crippen LogP contribution in [0.15, 0.2) is 103 Å². The summed E-state index contributed by atoms with van der Waals surface area (Å²) in [5.41, 5.74) is 1.74. The normalized spacial score (nSPS) is 10.2. The third kappa shape index (κ3) is 13.7. The molecule has 3 aromatic carbocycles. The molecule has 0 amide bonds. The molecule has 0 unspecified atom stereocenters. The van der Waals surface area contributed by atoms with Gasteiger partial charge in [-0.3, -0.25) is 0 Å². The summed E-state index contributed by atoms with van der Waals surface area (Å²) in [5.74, 6) is 0. The number of rotatable bonds is 6. The monoisotopic (exact) mass is 592 g/mol. The third-order valence-corrected chi connectivity index (χ3v) is 5.36. The molecular formula is C18H24CaN4O12S2. The fourth-order valence-corrected chi connectivity index (χ4v) is 3.11. The van der Waals surface area contributed by atoms with Gasteiger partial charge in [0.2, 0.25) is 0 Å². The average Bonchev–Trinajstić information content (AvgIpc) is 2.71. The van der Waals surface area contributed by atoms with Crippen LogP contribution in [-0.4, -0.2) is 96.5 Å². The van der Waals surface area contributed by atoms with Crippen LogP contribution in [0, 0.1) is 0 Å². The molecule has 0 spiro atoms. The fraction of sp³-hybridized carbons (Fsp3) is 0. The molecule has 0 aliphatic heterocycles. The minimum absolute atomic E-state index is 0. The second-order valence-electron chi connectivity index (χ2n) is 5.81. The summed E-state index contributed by atoms with van der Waals surface area (Å²) in [4.78, 5) is -0.694. The predicted molar refractivity (Wildman–Crippen MR) is 131 cm³/mol. The molecule has 0 aliphatic carbocycles. The Morgan fingerprint density at radius 1 is 0.405 bits per heavy atom. The summed E-state index contributed by atoms with van der Waals surface area (Å²) in [7, 11) is -9.02. The molecule has 16 nitrogen and oxygen atoms in total. The van der Waals surface area contributed by atoms with Gasteiger partial charge in [0.05, 0.1) is 32.5 Å². The number of hydrogen-bond acceptors (Lipinski definition) is 10. The van der Waals surface area contributed by atoms with Crippen molar-refractivity contribution < 1.29 is 58.8 Å². The van der Waals surface area contributed by atoms with E-state index >= 15 is 0 Å². The zero-order chi connectivity index (χ0) is 21.8. The molecule has 0 fully saturated rings. The van der Waals surface area contributed by atoms with Crippen LogP contribution < -0.4 is 0 Å². The Morgan fingerprint density at radius 3 is 0.730 bits per heavy atom. The molecule has 0 atom stereocenters. The van der Waals surface area contributed by atoms with Gasteiger partial charge in [-0.25, -0.2) is 16.8 Å². The number of hydrogen-bond donors (Lipinski definition) is 0. The standard InChI is InChI=1S/C18H14N4O6S2.Ca.6H2O/c23-29(24,25)17-9-5-15(6-10-17)21-19-13-1-2-14(4-3-13)20-22-16-7-11-18(12-8-16)30(26,27)28;;;;;;;/h1-12H,(H,23,24,25)(H,26,27,28);;6*1H2/q;+2;;;;;;/p-2. The predicted octanol–water partition coefficient (Wildman–Crippen LogP) is -1.00. The molecule has 202 valence electrons.